The summed E-state index contributed by atoms with van der Waals surface area (Å²) < 4.78 is 0. The van der Waals surface area contributed by atoms with Crippen molar-refractivity contribution in [3.8, 4) is 11.1 Å². The predicted octanol–water partition coefficient (Wildman–Crippen LogP) is 3.72. The van der Waals surface area contributed by atoms with Gasteiger partial charge in [0.15, 0.2) is 0 Å². The highest BCUT2D eigenvalue weighted by atomic mass is 16.3. The van der Waals surface area contributed by atoms with Gasteiger partial charge in [-0.15, -0.1) is 0 Å². The van der Waals surface area contributed by atoms with E-state index in [2.05, 4.69) is 34.1 Å². The second-order valence-electron chi connectivity index (χ2n) is 6.35. The molecule has 2 aliphatic rings. The van der Waals surface area contributed by atoms with Gasteiger partial charge in [-0.1, -0.05) is 18.2 Å². The fourth-order valence-electron chi connectivity index (χ4n) is 3.85. The first-order valence-electron chi connectivity index (χ1n) is 8.35. The zero-order valence-corrected chi connectivity index (χ0v) is 12.8. The first-order chi connectivity index (χ1) is 10.8. The fourth-order valence-corrected chi connectivity index (χ4v) is 3.85. The third kappa shape index (κ3) is 2.30. The van der Waals surface area contributed by atoms with Crippen LogP contribution in [0.2, 0.25) is 0 Å². The number of anilines is 1. The zero-order valence-electron chi connectivity index (χ0n) is 12.8. The normalized spacial score (nSPS) is 21.0. The summed E-state index contributed by atoms with van der Waals surface area (Å²) in [7, 11) is 0. The molecular formula is C19H22N2O. The van der Waals surface area contributed by atoms with Crippen molar-refractivity contribution < 1.29 is 5.11 Å². The number of nitrogens with zero attached hydrogens (tertiary/aromatic N) is 2. The minimum atomic E-state index is -0.301. The van der Waals surface area contributed by atoms with Gasteiger partial charge in [-0.2, -0.15) is 0 Å². The summed E-state index contributed by atoms with van der Waals surface area (Å²) in [6, 6.07) is 10.5. The molecule has 114 valence electrons. The molecule has 0 bridgehead atoms. The van der Waals surface area contributed by atoms with Crippen molar-refractivity contribution in [2.45, 2.75) is 38.2 Å². The Kier molecular flexibility index (Phi) is 3.59. The molecular weight excluding hydrogens is 272 g/mol. The molecule has 1 atom stereocenters. The largest absolute Gasteiger partial charge is 0.388 e. The van der Waals surface area contributed by atoms with Gasteiger partial charge in [-0.25, -0.2) is 4.98 Å². The maximum absolute atomic E-state index is 10.1. The molecule has 0 spiro atoms. The van der Waals surface area contributed by atoms with Gasteiger partial charge in [-0.05, 0) is 60.9 Å². The molecule has 2 aromatic rings. The molecule has 0 amide bonds. The zero-order chi connectivity index (χ0) is 14.9. The molecule has 22 heavy (non-hydrogen) atoms. The third-order valence-electron chi connectivity index (χ3n) is 4.97. The van der Waals surface area contributed by atoms with Crippen molar-refractivity contribution in [3.05, 3.63) is 47.7 Å². The van der Waals surface area contributed by atoms with Gasteiger partial charge in [-0.3, -0.25) is 0 Å². The molecule has 0 saturated carbocycles. The minimum absolute atomic E-state index is 0.301. The standard InChI is InChI=1S/C19H22N2O/c22-18-10-9-15-14(6-4-7-16(15)18)17-8-5-11-20-19(17)21-12-2-1-3-13-21/h4-8,11,18,22H,1-3,9-10,12-13H2/t18-/m0/s1. The van der Waals surface area contributed by atoms with Crippen LogP contribution in [0, 0.1) is 0 Å². The summed E-state index contributed by atoms with van der Waals surface area (Å²) in [6.07, 6.45) is 7.22. The average molecular weight is 294 g/mol. The Hall–Kier alpha value is -1.87. The van der Waals surface area contributed by atoms with Gasteiger partial charge < -0.3 is 10.0 Å². The Morgan fingerprint density at radius 1 is 1.00 bits per heavy atom. The molecule has 0 unspecified atom stereocenters. The van der Waals surface area contributed by atoms with Gasteiger partial charge >= 0.3 is 0 Å². The van der Waals surface area contributed by atoms with Crippen molar-refractivity contribution in [3.63, 3.8) is 0 Å². The Morgan fingerprint density at radius 3 is 2.68 bits per heavy atom. The number of pyridine rings is 1. The van der Waals surface area contributed by atoms with Crippen molar-refractivity contribution in [1.29, 1.82) is 0 Å². The van der Waals surface area contributed by atoms with Crippen LogP contribution in [-0.2, 0) is 6.42 Å². The number of benzene rings is 1. The van der Waals surface area contributed by atoms with E-state index in [-0.39, 0.29) is 6.10 Å². The molecule has 4 rings (SSSR count). The van der Waals surface area contributed by atoms with E-state index in [0.717, 1.165) is 37.3 Å². The van der Waals surface area contributed by atoms with Gasteiger partial charge in [0.1, 0.15) is 5.82 Å². The fraction of sp³-hybridized carbons (Fsp3) is 0.421. The minimum Gasteiger partial charge on any atom is -0.388 e. The van der Waals surface area contributed by atoms with E-state index in [0.29, 0.717) is 0 Å². The molecule has 1 fully saturated rings. The summed E-state index contributed by atoms with van der Waals surface area (Å²) in [6.45, 7) is 2.20. The van der Waals surface area contributed by atoms with E-state index in [1.807, 2.05) is 12.3 Å². The van der Waals surface area contributed by atoms with Gasteiger partial charge in [0.2, 0.25) is 0 Å². The Morgan fingerprint density at radius 2 is 1.82 bits per heavy atom. The van der Waals surface area contributed by atoms with E-state index < -0.39 is 0 Å². The lowest BCUT2D eigenvalue weighted by molar-refractivity contribution is 0.180. The monoisotopic (exact) mass is 294 g/mol. The number of aliphatic hydroxyl groups is 1. The Labute approximate surface area is 131 Å². The van der Waals surface area contributed by atoms with Crippen LogP contribution in [0.15, 0.2) is 36.5 Å². The molecule has 3 nitrogen and oxygen atoms in total. The number of hydrogen-bond acceptors (Lipinski definition) is 3. The molecule has 2 heterocycles. The lowest BCUT2D eigenvalue weighted by Crippen LogP contribution is -2.30. The van der Waals surface area contributed by atoms with Gasteiger partial charge in [0.05, 0.1) is 6.10 Å². The van der Waals surface area contributed by atoms with Gasteiger partial charge in [0, 0.05) is 24.8 Å². The predicted molar refractivity (Wildman–Crippen MR) is 89.0 cm³/mol. The average Bonchev–Trinajstić information content (AvgIpc) is 2.97. The van der Waals surface area contributed by atoms with E-state index in [9.17, 15) is 5.11 Å². The number of fused-ring (bicyclic) bond motifs is 1. The quantitative estimate of drug-likeness (QED) is 0.917. The van der Waals surface area contributed by atoms with Crippen LogP contribution in [-0.4, -0.2) is 23.2 Å². The number of aliphatic hydroxyl groups excluding tert-OH is 1. The smallest absolute Gasteiger partial charge is 0.136 e. The summed E-state index contributed by atoms with van der Waals surface area (Å²) >= 11 is 0. The van der Waals surface area contributed by atoms with Crippen LogP contribution in [0.25, 0.3) is 11.1 Å². The molecule has 1 aromatic heterocycles. The summed E-state index contributed by atoms with van der Waals surface area (Å²) in [5.41, 5.74) is 4.88. The van der Waals surface area contributed by atoms with Gasteiger partial charge in [0.25, 0.3) is 0 Å². The Balaban J connectivity index is 1.81. The molecule has 1 aliphatic heterocycles. The van der Waals surface area contributed by atoms with Crippen molar-refractivity contribution in [1.82, 2.24) is 4.98 Å². The highest BCUT2D eigenvalue weighted by molar-refractivity contribution is 5.79. The lowest BCUT2D eigenvalue weighted by atomic mass is 9.96. The number of aromatic nitrogens is 1. The molecule has 1 saturated heterocycles. The third-order valence-corrected chi connectivity index (χ3v) is 4.97. The van der Waals surface area contributed by atoms with Crippen LogP contribution >= 0.6 is 0 Å². The number of piperidine rings is 1. The highest BCUT2D eigenvalue weighted by Crippen LogP contribution is 2.40. The van der Waals surface area contributed by atoms with Crippen molar-refractivity contribution in [2.24, 2.45) is 0 Å². The van der Waals surface area contributed by atoms with Crippen molar-refractivity contribution in [2.75, 3.05) is 18.0 Å². The molecule has 1 aliphatic carbocycles. The van der Waals surface area contributed by atoms with Crippen molar-refractivity contribution >= 4 is 5.82 Å². The summed E-state index contributed by atoms with van der Waals surface area (Å²) in [5.74, 6) is 1.11. The first kappa shape index (κ1) is 13.8. The van der Waals surface area contributed by atoms with Crippen LogP contribution in [0.5, 0.6) is 0 Å². The number of rotatable bonds is 2. The van der Waals surface area contributed by atoms with Crippen LogP contribution in [0.4, 0.5) is 5.82 Å². The molecule has 0 radical (unpaired) electrons. The van der Waals surface area contributed by atoms with Crippen LogP contribution < -0.4 is 4.90 Å². The highest BCUT2D eigenvalue weighted by Gasteiger charge is 2.25. The lowest BCUT2D eigenvalue weighted by Gasteiger charge is -2.29. The van der Waals surface area contributed by atoms with Crippen LogP contribution in [0.3, 0.4) is 0 Å². The van der Waals surface area contributed by atoms with E-state index in [1.165, 1.54) is 36.0 Å². The van der Waals surface area contributed by atoms with E-state index in [1.54, 1.807) is 0 Å². The van der Waals surface area contributed by atoms with E-state index in [4.69, 9.17) is 0 Å². The topological polar surface area (TPSA) is 36.4 Å². The summed E-state index contributed by atoms with van der Waals surface area (Å²) in [4.78, 5) is 7.11. The molecule has 1 aromatic carbocycles. The second-order valence-corrected chi connectivity index (χ2v) is 6.35. The molecule has 3 heteroatoms. The van der Waals surface area contributed by atoms with Crippen LogP contribution in [0.1, 0.15) is 42.9 Å². The maximum atomic E-state index is 10.1. The SMILES string of the molecule is O[C@H]1CCc2c(-c3cccnc3N3CCCCC3)cccc21. The number of hydrogen-bond donors (Lipinski definition) is 1. The maximum Gasteiger partial charge on any atom is 0.136 e. The Bertz CT molecular complexity index is 677. The van der Waals surface area contributed by atoms with E-state index >= 15 is 0 Å². The molecule has 1 N–H and O–H groups in total. The second kappa shape index (κ2) is 5.73. The first-order valence-corrected chi connectivity index (χ1v) is 8.35. The summed E-state index contributed by atoms with van der Waals surface area (Å²) in [5, 5.41) is 10.1.